The van der Waals surface area contributed by atoms with Crippen molar-refractivity contribution in [2.45, 2.75) is 26.8 Å². The van der Waals surface area contributed by atoms with Gasteiger partial charge in [0.2, 0.25) is 5.88 Å². The Hall–Kier alpha value is -2.61. The highest BCUT2D eigenvalue weighted by atomic mass is 16.5. The van der Waals surface area contributed by atoms with Gasteiger partial charge in [-0.2, -0.15) is 5.26 Å². The van der Waals surface area contributed by atoms with Crippen LogP contribution >= 0.6 is 0 Å². The normalized spacial score (nSPS) is 11.5. The molecule has 2 rings (SSSR count). The van der Waals surface area contributed by atoms with Crippen LogP contribution in [-0.2, 0) is 0 Å². The van der Waals surface area contributed by atoms with Gasteiger partial charge >= 0.3 is 0 Å². The van der Waals surface area contributed by atoms with Gasteiger partial charge in [0.25, 0.3) is 0 Å². The highest BCUT2D eigenvalue weighted by Gasteiger charge is 2.11. The Kier molecular flexibility index (Phi) is 4.72. The standard InChI is InChI=1S/C16H18N4O/c1-4-21-16-11(2)15(18-10-19-16)20-12(3)14-7-5-13(9-17)6-8-14/h5-8,10,12H,4H2,1-3H3,(H,18,19,20). The molecule has 0 radical (unpaired) electrons. The van der Waals surface area contributed by atoms with Crippen LogP contribution in [0, 0.1) is 18.3 Å². The van der Waals surface area contributed by atoms with E-state index in [1.54, 1.807) is 0 Å². The maximum absolute atomic E-state index is 8.82. The molecule has 5 heteroatoms. The number of hydrogen-bond acceptors (Lipinski definition) is 5. The van der Waals surface area contributed by atoms with E-state index in [0.29, 0.717) is 18.1 Å². The van der Waals surface area contributed by atoms with Gasteiger partial charge in [0, 0.05) is 6.04 Å². The van der Waals surface area contributed by atoms with Crippen LogP contribution in [0.4, 0.5) is 5.82 Å². The molecule has 108 valence electrons. The van der Waals surface area contributed by atoms with Crippen molar-refractivity contribution in [1.29, 1.82) is 5.26 Å². The van der Waals surface area contributed by atoms with E-state index < -0.39 is 0 Å². The Labute approximate surface area is 124 Å². The molecule has 1 N–H and O–H groups in total. The zero-order chi connectivity index (χ0) is 15.2. The molecule has 1 aromatic heterocycles. The first-order valence-corrected chi connectivity index (χ1v) is 6.86. The van der Waals surface area contributed by atoms with E-state index >= 15 is 0 Å². The number of anilines is 1. The van der Waals surface area contributed by atoms with Crippen LogP contribution in [-0.4, -0.2) is 16.6 Å². The number of nitriles is 1. The fraction of sp³-hybridized carbons (Fsp3) is 0.312. The molecule has 21 heavy (non-hydrogen) atoms. The first kappa shape index (κ1) is 14.8. The maximum atomic E-state index is 8.82. The Morgan fingerprint density at radius 1 is 1.29 bits per heavy atom. The number of hydrogen-bond donors (Lipinski definition) is 1. The van der Waals surface area contributed by atoms with Crippen molar-refractivity contribution in [3.05, 3.63) is 47.3 Å². The predicted octanol–water partition coefficient (Wildman–Crippen LogP) is 3.23. The van der Waals surface area contributed by atoms with Crippen molar-refractivity contribution < 1.29 is 4.74 Å². The van der Waals surface area contributed by atoms with Crippen LogP contribution in [0.1, 0.15) is 36.6 Å². The van der Waals surface area contributed by atoms with Gasteiger partial charge in [-0.05, 0) is 38.5 Å². The summed E-state index contributed by atoms with van der Waals surface area (Å²) in [6, 6.07) is 9.69. The summed E-state index contributed by atoms with van der Waals surface area (Å²) in [7, 11) is 0. The Morgan fingerprint density at radius 3 is 2.62 bits per heavy atom. The lowest BCUT2D eigenvalue weighted by Crippen LogP contribution is -2.10. The molecular formula is C16H18N4O. The SMILES string of the molecule is CCOc1ncnc(NC(C)c2ccc(C#N)cc2)c1C. The quantitative estimate of drug-likeness (QED) is 0.911. The number of ether oxygens (including phenoxy) is 1. The molecule has 1 aromatic carbocycles. The minimum atomic E-state index is 0.0702. The van der Waals surface area contributed by atoms with E-state index in [4.69, 9.17) is 10.00 Å². The lowest BCUT2D eigenvalue weighted by molar-refractivity contribution is 0.324. The van der Waals surface area contributed by atoms with Crippen molar-refractivity contribution in [2.75, 3.05) is 11.9 Å². The molecule has 2 aromatic rings. The summed E-state index contributed by atoms with van der Waals surface area (Å²) in [6.07, 6.45) is 1.49. The molecule has 0 fully saturated rings. The summed E-state index contributed by atoms with van der Waals surface area (Å²) in [6.45, 7) is 6.47. The van der Waals surface area contributed by atoms with Gasteiger partial charge < -0.3 is 10.1 Å². The van der Waals surface area contributed by atoms with Gasteiger partial charge in [0.05, 0.1) is 23.8 Å². The molecule has 0 spiro atoms. The third kappa shape index (κ3) is 3.48. The minimum absolute atomic E-state index is 0.0702. The van der Waals surface area contributed by atoms with Crippen molar-refractivity contribution >= 4 is 5.82 Å². The summed E-state index contributed by atoms with van der Waals surface area (Å²) >= 11 is 0. The van der Waals surface area contributed by atoms with Gasteiger partial charge in [0.1, 0.15) is 12.1 Å². The molecule has 0 amide bonds. The van der Waals surface area contributed by atoms with E-state index in [0.717, 1.165) is 16.9 Å². The highest BCUT2D eigenvalue weighted by molar-refractivity contribution is 5.49. The van der Waals surface area contributed by atoms with Crippen molar-refractivity contribution in [1.82, 2.24) is 9.97 Å². The van der Waals surface area contributed by atoms with Crippen molar-refractivity contribution in [3.63, 3.8) is 0 Å². The number of aromatic nitrogens is 2. The summed E-state index contributed by atoms with van der Waals surface area (Å²) in [5, 5.41) is 12.2. The predicted molar refractivity (Wildman–Crippen MR) is 81.1 cm³/mol. The zero-order valence-electron chi connectivity index (χ0n) is 12.4. The Balaban J connectivity index is 2.17. The van der Waals surface area contributed by atoms with Crippen molar-refractivity contribution in [2.24, 2.45) is 0 Å². The molecule has 0 aliphatic carbocycles. The number of benzene rings is 1. The second-order valence-corrected chi connectivity index (χ2v) is 4.69. The van der Waals surface area contributed by atoms with E-state index in [1.165, 1.54) is 6.33 Å². The molecule has 1 heterocycles. The van der Waals surface area contributed by atoms with E-state index in [2.05, 4.69) is 21.4 Å². The van der Waals surface area contributed by atoms with Gasteiger partial charge in [-0.25, -0.2) is 9.97 Å². The second kappa shape index (κ2) is 6.71. The molecule has 1 unspecified atom stereocenters. The molecule has 0 aliphatic heterocycles. The average Bonchev–Trinajstić information content (AvgIpc) is 2.51. The monoisotopic (exact) mass is 282 g/mol. The smallest absolute Gasteiger partial charge is 0.221 e. The molecular weight excluding hydrogens is 264 g/mol. The third-order valence-electron chi connectivity index (χ3n) is 3.21. The molecule has 0 aliphatic rings. The van der Waals surface area contributed by atoms with Crippen LogP contribution < -0.4 is 10.1 Å². The molecule has 0 saturated heterocycles. The number of nitrogens with one attached hydrogen (secondary N) is 1. The highest BCUT2D eigenvalue weighted by Crippen LogP contribution is 2.24. The Bertz CT molecular complexity index is 646. The van der Waals surface area contributed by atoms with Crippen LogP contribution in [0.2, 0.25) is 0 Å². The zero-order valence-corrected chi connectivity index (χ0v) is 12.4. The molecule has 5 nitrogen and oxygen atoms in total. The van der Waals surface area contributed by atoms with Gasteiger partial charge in [-0.3, -0.25) is 0 Å². The first-order chi connectivity index (χ1) is 10.2. The van der Waals surface area contributed by atoms with Crippen LogP contribution in [0.5, 0.6) is 5.88 Å². The summed E-state index contributed by atoms with van der Waals surface area (Å²) in [5.41, 5.74) is 2.63. The fourth-order valence-corrected chi connectivity index (χ4v) is 2.00. The molecule has 0 saturated carbocycles. The average molecular weight is 282 g/mol. The third-order valence-corrected chi connectivity index (χ3v) is 3.21. The molecule has 1 atom stereocenters. The molecule has 0 bridgehead atoms. The van der Waals surface area contributed by atoms with E-state index in [1.807, 2.05) is 45.0 Å². The number of nitrogens with zero attached hydrogens (tertiary/aromatic N) is 3. The largest absolute Gasteiger partial charge is 0.478 e. The lowest BCUT2D eigenvalue weighted by atomic mass is 10.1. The number of rotatable bonds is 5. The van der Waals surface area contributed by atoms with Gasteiger partial charge in [-0.1, -0.05) is 12.1 Å². The fourth-order valence-electron chi connectivity index (χ4n) is 2.00. The topological polar surface area (TPSA) is 70.8 Å². The lowest BCUT2D eigenvalue weighted by Gasteiger charge is -2.17. The van der Waals surface area contributed by atoms with E-state index in [-0.39, 0.29) is 6.04 Å². The first-order valence-electron chi connectivity index (χ1n) is 6.86. The summed E-state index contributed by atoms with van der Waals surface area (Å²) < 4.78 is 5.47. The van der Waals surface area contributed by atoms with Crippen LogP contribution in [0.25, 0.3) is 0 Å². The van der Waals surface area contributed by atoms with E-state index in [9.17, 15) is 0 Å². The van der Waals surface area contributed by atoms with Gasteiger partial charge in [-0.15, -0.1) is 0 Å². The maximum Gasteiger partial charge on any atom is 0.221 e. The summed E-state index contributed by atoms with van der Waals surface area (Å²) in [5.74, 6) is 1.35. The van der Waals surface area contributed by atoms with Crippen LogP contribution in [0.3, 0.4) is 0 Å². The second-order valence-electron chi connectivity index (χ2n) is 4.69. The minimum Gasteiger partial charge on any atom is -0.478 e. The Morgan fingerprint density at radius 2 is 2.00 bits per heavy atom. The van der Waals surface area contributed by atoms with Crippen LogP contribution in [0.15, 0.2) is 30.6 Å². The summed E-state index contributed by atoms with van der Waals surface area (Å²) in [4.78, 5) is 8.39. The van der Waals surface area contributed by atoms with Gasteiger partial charge in [0.15, 0.2) is 0 Å². The van der Waals surface area contributed by atoms with Crippen molar-refractivity contribution in [3.8, 4) is 11.9 Å².